The maximum Gasteiger partial charge on any atom is 0.251 e. The zero-order valence-electron chi connectivity index (χ0n) is 18.9. The van der Waals surface area contributed by atoms with Gasteiger partial charge in [-0.1, -0.05) is 49.2 Å². The second-order valence-corrected chi connectivity index (χ2v) is 9.06. The van der Waals surface area contributed by atoms with Crippen molar-refractivity contribution in [3.05, 3.63) is 52.1 Å². The molecule has 0 spiro atoms. The Hall–Kier alpha value is -2.68. The number of fused-ring (bicyclic) bond motifs is 1. The maximum atomic E-state index is 13.7. The number of hydrogen-bond donors (Lipinski definition) is 3. The molecule has 8 nitrogen and oxygen atoms in total. The second kappa shape index (κ2) is 10.5. The predicted octanol–water partition coefficient (Wildman–Crippen LogP) is 3.03. The zero-order chi connectivity index (χ0) is 24.3. The van der Waals surface area contributed by atoms with Gasteiger partial charge in [-0.3, -0.25) is 19.3 Å². The van der Waals surface area contributed by atoms with Gasteiger partial charge >= 0.3 is 0 Å². The van der Waals surface area contributed by atoms with Gasteiger partial charge in [0.1, 0.15) is 17.9 Å². The van der Waals surface area contributed by atoms with E-state index in [1.54, 1.807) is 44.4 Å². The lowest BCUT2D eigenvalue weighted by Gasteiger charge is -2.31. The van der Waals surface area contributed by atoms with E-state index in [4.69, 9.17) is 23.2 Å². The molecule has 3 atom stereocenters. The van der Waals surface area contributed by atoms with E-state index in [-0.39, 0.29) is 34.0 Å². The Labute approximate surface area is 203 Å². The van der Waals surface area contributed by atoms with Crippen molar-refractivity contribution in [2.75, 3.05) is 17.3 Å². The Balaban J connectivity index is 1.94. The van der Waals surface area contributed by atoms with Gasteiger partial charge in [-0.15, -0.1) is 0 Å². The molecule has 3 N–H and O–H groups in total. The third-order valence-corrected chi connectivity index (χ3v) is 6.26. The molecule has 0 radical (unpaired) electrons. The first kappa shape index (κ1) is 25.0. The summed E-state index contributed by atoms with van der Waals surface area (Å²) in [5, 5.41) is 9.00. The summed E-state index contributed by atoms with van der Waals surface area (Å²) < 4.78 is 0. The highest BCUT2D eigenvalue weighted by atomic mass is 35.5. The van der Waals surface area contributed by atoms with Gasteiger partial charge in [0.15, 0.2) is 0 Å². The van der Waals surface area contributed by atoms with Crippen molar-refractivity contribution < 1.29 is 14.4 Å². The van der Waals surface area contributed by atoms with Crippen LogP contribution in [0.4, 0.5) is 11.5 Å². The van der Waals surface area contributed by atoms with Gasteiger partial charge in [0.2, 0.25) is 11.8 Å². The Kier molecular flexibility index (Phi) is 7.94. The van der Waals surface area contributed by atoms with Gasteiger partial charge in [-0.2, -0.15) is 0 Å². The summed E-state index contributed by atoms with van der Waals surface area (Å²) in [4.78, 5) is 45.3. The first-order valence-electron chi connectivity index (χ1n) is 10.6. The molecule has 1 aliphatic heterocycles. The molecule has 176 valence electrons. The number of anilines is 2. The van der Waals surface area contributed by atoms with Crippen LogP contribution >= 0.6 is 23.2 Å². The monoisotopic (exact) mass is 491 g/mol. The van der Waals surface area contributed by atoms with Crippen molar-refractivity contribution >= 4 is 52.4 Å². The van der Waals surface area contributed by atoms with E-state index in [2.05, 4.69) is 20.9 Å². The number of pyridine rings is 1. The average Bonchev–Trinajstić information content (AvgIpc) is 3.18. The highest BCUT2D eigenvalue weighted by molar-refractivity contribution is 6.39. The molecule has 1 aliphatic rings. The van der Waals surface area contributed by atoms with Crippen LogP contribution in [0.1, 0.15) is 26.3 Å². The Morgan fingerprint density at radius 2 is 1.76 bits per heavy atom. The summed E-state index contributed by atoms with van der Waals surface area (Å²) in [7, 11) is 1.66. The minimum absolute atomic E-state index is 0.222. The van der Waals surface area contributed by atoms with E-state index in [9.17, 15) is 14.4 Å². The number of likely N-dealkylation sites (N-methyl/N-ethyl adjacent to an activating group) is 1. The molecular formula is C23H27Cl2N5O3. The maximum absolute atomic E-state index is 13.7. The first-order chi connectivity index (χ1) is 15.6. The first-order valence-corrected chi connectivity index (χ1v) is 11.4. The number of para-hydroxylation sites is 1. The van der Waals surface area contributed by atoms with Gasteiger partial charge in [0, 0.05) is 12.6 Å². The third-order valence-electron chi connectivity index (χ3n) is 5.63. The van der Waals surface area contributed by atoms with Crippen molar-refractivity contribution in [3.63, 3.8) is 0 Å². The molecule has 0 bridgehead atoms. The molecule has 10 heteroatoms. The molecule has 2 heterocycles. The molecule has 0 saturated carbocycles. The molecule has 0 aliphatic carbocycles. The van der Waals surface area contributed by atoms with Gasteiger partial charge in [-0.25, -0.2) is 4.98 Å². The lowest BCUT2D eigenvalue weighted by Crippen LogP contribution is -2.57. The van der Waals surface area contributed by atoms with Crippen LogP contribution in [0.25, 0.3) is 0 Å². The Morgan fingerprint density at radius 1 is 1.09 bits per heavy atom. The number of carbonyl (C=O) groups excluding carboxylic acids is 3. The van der Waals surface area contributed by atoms with Crippen molar-refractivity contribution in [1.29, 1.82) is 0 Å². The topological polar surface area (TPSA) is 103 Å². The Bertz CT molecular complexity index is 1040. The number of rotatable bonds is 7. The normalized spacial score (nSPS) is 16.8. The largest absolute Gasteiger partial charge is 0.343 e. The minimum Gasteiger partial charge on any atom is -0.343 e. The number of halogens is 2. The van der Waals surface area contributed by atoms with Crippen molar-refractivity contribution in [2.24, 2.45) is 5.92 Å². The van der Waals surface area contributed by atoms with Gasteiger partial charge in [0.25, 0.3) is 5.91 Å². The van der Waals surface area contributed by atoms with Crippen LogP contribution in [-0.4, -0.2) is 47.9 Å². The van der Waals surface area contributed by atoms with Crippen molar-refractivity contribution in [2.45, 2.75) is 45.3 Å². The number of carbonyl (C=O) groups is 3. The van der Waals surface area contributed by atoms with Gasteiger partial charge < -0.3 is 16.0 Å². The van der Waals surface area contributed by atoms with Gasteiger partial charge in [0.05, 0.1) is 21.8 Å². The SMILES string of the molecule is CN[C@@H](C)C(=O)N[C@H](C(=O)N1c2ncccc2C[C@H]1C(=O)Nc1c(Cl)cccc1Cl)C(C)C. The lowest BCUT2D eigenvalue weighted by molar-refractivity contribution is -0.130. The summed E-state index contributed by atoms with van der Waals surface area (Å²) in [5.41, 5.74) is 1.03. The number of nitrogens with one attached hydrogen (secondary N) is 3. The quantitative estimate of drug-likeness (QED) is 0.552. The highest BCUT2D eigenvalue weighted by Gasteiger charge is 2.43. The summed E-state index contributed by atoms with van der Waals surface area (Å²) in [5.74, 6) is -0.999. The fourth-order valence-corrected chi connectivity index (χ4v) is 4.11. The number of aromatic nitrogens is 1. The molecule has 33 heavy (non-hydrogen) atoms. The van der Waals surface area contributed by atoms with Crippen LogP contribution in [0.3, 0.4) is 0 Å². The van der Waals surface area contributed by atoms with Crippen LogP contribution in [0.15, 0.2) is 36.5 Å². The molecule has 3 rings (SSSR count). The molecule has 1 aromatic carbocycles. The predicted molar refractivity (Wildman–Crippen MR) is 130 cm³/mol. The average molecular weight is 492 g/mol. The second-order valence-electron chi connectivity index (χ2n) is 8.24. The number of benzene rings is 1. The third kappa shape index (κ3) is 5.29. The molecule has 0 fully saturated rings. The standard InChI is InChI=1S/C23H27Cl2N5O3/c1-12(2)18(28-21(31)13(3)26-4)23(33)30-17(11-14-7-6-10-27-20(14)30)22(32)29-19-15(24)8-5-9-16(19)25/h5-10,12-13,17-18,26H,11H2,1-4H3,(H,28,31)(H,29,32)/t13-,17-,18-/m0/s1. The highest BCUT2D eigenvalue weighted by Crippen LogP contribution is 2.34. The summed E-state index contributed by atoms with van der Waals surface area (Å²) in [6.45, 7) is 5.37. The van der Waals surface area contributed by atoms with E-state index < -0.39 is 29.9 Å². The molecule has 2 aromatic rings. The Morgan fingerprint density at radius 3 is 2.36 bits per heavy atom. The fraction of sp³-hybridized carbons (Fsp3) is 0.391. The van der Waals surface area contributed by atoms with Crippen LogP contribution in [0, 0.1) is 5.92 Å². The minimum atomic E-state index is -0.880. The molecule has 0 unspecified atom stereocenters. The molecule has 1 aromatic heterocycles. The van der Waals surface area contributed by atoms with Crippen LogP contribution in [0.2, 0.25) is 10.0 Å². The van der Waals surface area contributed by atoms with E-state index in [0.717, 1.165) is 5.56 Å². The van der Waals surface area contributed by atoms with Crippen LogP contribution in [-0.2, 0) is 20.8 Å². The molecular weight excluding hydrogens is 465 g/mol. The van der Waals surface area contributed by atoms with Crippen molar-refractivity contribution in [3.8, 4) is 0 Å². The number of amides is 3. The molecule has 3 amide bonds. The van der Waals surface area contributed by atoms with Gasteiger partial charge in [-0.05, 0) is 43.7 Å². The van der Waals surface area contributed by atoms with Crippen molar-refractivity contribution in [1.82, 2.24) is 15.6 Å². The van der Waals surface area contributed by atoms with E-state index >= 15 is 0 Å². The lowest BCUT2D eigenvalue weighted by atomic mass is 10.0. The molecule has 0 saturated heterocycles. The summed E-state index contributed by atoms with van der Waals surface area (Å²) in [6, 6.07) is 6.27. The number of hydrogen-bond acceptors (Lipinski definition) is 5. The van der Waals surface area contributed by atoms with Crippen LogP contribution < -0.4 is 20.9 Å². The number of nitrogens with zero attached hydrogens (tertiary/aromatic N) is 2. The zero-order valence-corrected chi connectivity index (χ0v) is 20.4. The smallest absolute Gasteiger partial charge is 0.251 e. The van der Waals surface area contributed by atoms with E-state index in [1.165, 1.54) is 4.90 Å². The summed E-state index contributed by atoms with van der Waals surface area (Å²) in [6.07, 6.45) is 1.84. The fourth-order valence-electron chi connectivity index (χ4n) is 3.62. The summed E-state index contributed by atoms with van der Waals surface area (Å²) >= 11 is 12.4. The van der Waals surface area contributed by atoms with E-state index in [0.29, 0.717) is 5.82 Å². The van der Waals surface area contributed by atoms with Crippen LogP contribution in [0.5, 0.6) is 0 Å². The van der Waals surface area contributed by atoms with E-state index in [1.807, 2.05) is 19.9 Å².